The molecule has 2 aromatic rings. The van der Waals surface area contributed by atoms with Gasteiger partial charge in [0.1, 0.15) is 0 Å². The van der Waals surface area contributed by atoms with Crippen LogP contribution < -0.4 is 11.1 Å². The Morgan fingerprint density at radius 2 is 1.96 bits per heavy atom. The Kier molecular flexibility index (Phi) is 7.05. The molecule has 1 amide bonds. The lowest BCUT2D eigenvalue weighted by Gasteiger charge is -2.34. The summed E-state index contributed by atoms with van der Waals surface area (Å²) in [7, 11) is 0. The van der Waals surface area contributed by atoms with Gasteiger partial charge in [0.15, 0.2) is 0 Å². The van der Waals surface area contributed by atoms with E-state index >= 15 is 0 Å². The van der Waals surface area contributed by atoms with Crippen molar-refractivity contribution in [2.45, 2.75) is 6.04 Å². The molecule has 0 saturated carbocycles. The zero-order chi connectivity index (χ0) is 16.1. The van der Waals surface area contributed by atoms with Gasteiger partial charge in [0, 0.05) is 35.8 Å². The summed E-state index contributed by atoms with van der Waals surface area (Å²) in [6.07, 6.45) is 0. The highest BCUT2D eigenvalue weighted by Gasteiger charge is 2.24. The molecule has 1 aromatic carbocycles. The fraction of sp³-hybridized carbons (Fsp3) is 0.353. The summed E-state index contributed by atoms with van der Waals surface area (Å²) in [6.45, 7) is 3.85. The number of nitrogens with one attached hydrogen (secondary N) is 1. The van der Waals surface area contributed by atoms with Crippen molar-refractivity contribution in [3.05, 3.63) is 52.2 Å². The van der Waals surface area contributed by atoms with E-state index in [1.807, 2.05) is 0 Å². The van der Waals surface area contributed by atoms with Gasteiger partial charge < -0.3 is 15.8 Å². The molecular formula is C17H22ClN3O2S. The number of ether oxygens (including phenoxy) is 1. The first-order chi connectivity index (χ1) is 11.2. The van der Waals surface area contributed by atoms with Crippen LogP contribution in [0, 0.1) is 0 Å². The number of hydrogen-bond acceptors (Lipinski definition) is 5. The predicted molar refractivity (Wildman–Crippen MR) is 99.9 cm³/mol. The molecule has 1 aliphatic rings. The molecular weight excluding hydrogens is 346 g/mol. The van der Waals surface area contributed by atoms with Crippen molar-refractivity contribution in [3.63, 3.8) is 0 Å². The number of benzene rings is 1. The highest BCUT2D eigenvalue weighted by atomic mass is 35.5. The van der Waals surface area contributed by atoms with Crippen molar-refractivity contribution >= 4 is 35.3 Å². The van der Waals surface area contributed by atoms with Gasteiger partial charge in [-0.15, -0.1) is 23.7 Å². The van der Waals surface area contributed by atoms with Gasteiger partial charge in [-0.3, -0.25) is 9.69 Å². The van der Waals surface area contributed by atoms with E-state index in [9.17, 15) is 4.79 Å². The lowest BCUT2D eigenvalue weighted by molar-refractivity contribution is 0.0169. The predicted octanol–water partition coefficient (Wildman–Crippen LogP) is 2.56. The van der Waals surface area contributed by atoms with Gasteiger partial charge in [-0.25, -0.2) is 0 Å². The topological polar surface area (TPSA) is 67.6 Å². The molecule has 5 nitrogen and oxygen atoms in total. The van der Waals surface area contributed by atoms with Crippen LogP contribution in [0.5, 0.6) is 0 Å². The minimum absolute atomic E-state index is 0. The van der Waals surface area contributed by atoms with Gasteiger partial charge in [-0.05, 0) is 35.7 Å². The largest absolute Gasteiger partial charge is 0.399 e. The number of nitrogens with two attached hydrogens (primary N) is 1. The monoisotopic (exact) mass is 367 g/mol. The highest BCUT2D eigenvalue weighted by Crippen LogP contribution is 2.25. The van der Waals surface area contributed by atoms with Crippen LogP contribution in [0.3, 0.4) is 0 Å². The van der Waals surface area contributed by atoms with E-state index in [-0.39, 0.29) is 24.4 Å². The van der Waals surface area contributed by atoms with Crippen molar-refractivity contribution in [3.8, 4) is 0 Å². The van der Waals surface area contributed by atoms with E-state index in [0.29, 0.717) is 17.8 Å². The number of carbonyl (C=O) groups is 1. The minimum atomic E-state index is -0.0696. The van der Waals surface area contributed by atoms with Gasteiger partial charge >= 0.3 is 0 Å². The molecule has 1 unspecified atom stereocenters. The number of hydrogen-bond donors (Lipinski definition) is 2. The molecule has 1 aliphatic heterocycles. The van der Waals surface area contributed by atoms with Gasteiger partial charge in [0.25, 0.3) is 5.91 Å². The Labute approximate surface area is 152 Å². The Hall–Kier alpha value is -1.60. The van der Waals surface area contributed by atoms with Crippen molar-refractivity contribution < 1.29 is 9.53 Å². The van der Waals surface area contributed by atoms with Crippen LogP contribution in [0.25, 0.3) is 0 Å². The number of thiophene rings is 1. The summed E-state index contributed by atoms with van der Waals surface area (Å²) in [5.74, 6) is -0.0696. The van der Waals surface area contributed by atoms with Crippen molar-refractivity contribution in [1.29, 1.82) is 0 Å². The Morgan fingerprint density at radius 1 is 1.25 bits per heavy atom. The van der Waals surface area contributed by atoms with Gasteiger partial charge in [0.05, 0.1) is 19.3 Å². The molecule has 0 radical (unpaired) electrons. The second kappa shape index (κ2) is 9.03. The maximum atomic E-state index is 12.3. The number of halogens is 1. The van der Waals surface area contributed by atoms with E-state index < -0.39 is 0 Å². The third-order valence-corrected chi connectivity index (χ3v) is 4.96. The van der Waals surface area contributed by atoms with E-state index in [1.54, 1.807) is 35.6 Å². The van der Waals surface area contributed by atoms with Crippen LogP contribution >= 0.6 is 23.7 Å². The minimum Gasteiger partial charge on any atom is -0.399 e. The Morgan fingerprint density at radius 3 is 2.58 bits per heavy atom. The van der Waals surface area contributed by atoms with Crippen LogP contribution in [-0.2, 0) is 4.74 Å². The van der Waals surface area contributed by atoms with Gasteiger partial charge in [-0.2, -0.15) is 0 Å². The fourth-order valence-corrected chi connectivity index (χ4v) is 3.57. The number of morpholine rings is 1. The Balaban J connectivity index is 0.00000208. The summed E-state index contributed by atoms with van der Waals surface area (Å²) in [5.41, 5.74) is 6.95. The normalized spacial score (nSPS) is 16.2. The molecule has 1 fully saturated rings. The first-order valence-electron chi connectivity index (χ1n) is 7.73. The van der Waals surface area contributed by atoms with E-state index in [1.165, 1.54) is 4.88 Å². The molecule has 3 N–H and O–H groups in total. The van der Waals surface area contributed by atoms with Crippen LogP contribution in [-0.4, -0.2) is 43.7 Å². The van der Waals surface area contributed by atoms with Crippen LogP contribution in [0.1, 0.15) is 21.3 Å². The maximum absolute atomic E-state index is 12.3. The number of anilines is 1. The quantitative estimate of drug-likeness (QED) is 0.797. The summed E-state index contributed by atoms with van der Waals surface area (Å²) in [4.78, 5) is 16.0. The van der Waals surface area contributed by atoms with Crippen molar-refractivity contribution in [2.75, 3.05) is 38.6 Å². The fourth-order valence-electron chi connectivity index (χ4n) is 2.71. The molecule has 1 atom stereocenters. The second-order valence-corrected chi connectivity index (χ2v) is 6.49. The average molecular weight is 368 g/mol. The molecule has 24 heavy (non-hydrogen) atoms. The number of nitrogen functional groups attached to an aromatic ring is 1. The van der Waals surface area contributed by atoms with Gasteiger partial charge in [-0.1, -0.05) is 6.07 Å². The molecule has 0 spiro atoms. The lowest BCUT2D eigenvalue weighted by Crippen LogP contribution is -2.43. The summed E-state index contributed by atoms with van der Waals surface area (Å²) < 4.78 is 5.44. The summed E-state index contributed by atoms with van der Waals surface area (Å²) in [6, 6.07) is 11.4. The third-order valence-electron chi connectivity index (χ3n) is 3.99. The molecule has 7 heteroatoms. The van der Waals surface area contributed by atoms with E-state index in [4.69, 9.17) is 10.5 Å². The summed E-state index contributed by atoms with van der Waals surface area (Å²) >= 11 is 1.72. The standard InChI is InChI=1S/C17H21N3O2S.ClH/c18-14-5-3-13(4-6-14)17(21)19-12-15(16-2-1-11-23-16)20-7-9-22-10-8-20;/h1-6,11,15H,7-10,12,18H2,(H,19,21);1H. The third kappa shape index (κ3) is 4.70. The van der Waals surface area contributed by atoms with Crippen LogP contribution in [0.15, 0.2) is 41.8 Å². The SMILES string of the molecule is Cl.Nc1ccc(C(=O)NCC(c2cccs2)N2CCOCC2)cc1. The molecule has 130 valence electrons. The number of nitrogens with zero attached hydrogens (tertiary/aromatic N) is 1. The van der Waals surface area contributed by atoms with E-state index in [2.05, 4.69) is 27.7 Å². The smallest absolute Gasteiger partial charge is 0.251 e. The first kappa shape index (κ1) is 18.7. The lowest BCUT2D eigenvalue weighted by atomic mass is 10.1. The molecule has 1 aromatic heterocycles. The number of carbonyl (C=O) groups excluding carboxylic acids is 1. The molecule has 3 rings (SSSR count). The van der Waals surface area contributed by atoms with Crippen LogP contribution in [0.2, 0.25) is 0 Å². The molecule has 1 saturated heterocycles. The summed E-state index contributed by atoms with van der Waals surface area (Å²) in [5, 5.41) is 5.12. The van der Waals surface area contributed by atoms with Crippen LogP contribution in [0.4, 0.5) is 5.69 Å². The van der Waals surface area contributed by atoms with Gasteiger partial charge in [0.2, 0.25) is 0 Å². The molecule has 0 aliphatic carbocycles. The molecule has 0 bridgehead atoms. The molecule has 2 heterocycles. The highest BCUT2D eigenvalue weighted by molar-refractivity contribution is 7.10. The van der Waals surface area contributed by atoms with E-state index in [0.717, 1.165) is 26.3 Å². The van der Waals surface area contributed by atoms with Crippen molar-refractivity contribution in [1.82, 2.24) is 10.2 Å². The second-order valence-electron chi connectivity index (χ2n) is 5.51. The van der Waals surface area contributed by atoms with Crippen molar-refractivity contribution in [2.24, 2.45) is 0 Å². The zero-order valence-electron chi connectivity index (χ0n) is 13.3. The number of amides is 1. The maximum Gasteiger partial charge on any atom is 0.251 e. The Bertz CT molecular complexity index is 628. The zero-order valence-corrected chi connectivity index (χ0v) is 14.9. The first-order valence-corrected chi connectivity index (χ1v) is 8.61. The average Bonchev–Trinajstić information content (AvgIpc) is 3.11. The number of rotatable bonds is 5.